The number of carbonyl (C=O) groups excluding carboxylic acids is 1. The molecule has 0 spiro atoms. The van der Waals surface area contributed by atoms with Gasteiger partial charge in [-0.3, -0.25) is 4.79 Å². The number of ether oxygens (including phenoxy) is 1. The molecule has 0 radical (unpaired) electrons. The van der Waals surface area contributed by atoms with Crippen LogP contribution in [-0.2, 0) is 14.6 Å². The summed E-state index contributed by atoms with van der Waals surface area (Å²) in [5.74, 6) is 0.167. The van der Waals surface area contributed by atoms with Crippen LogP contribution in [0.2, 0.25) is 0 Å². The zero-order valence-electron chi connectivity index (χ0n) is 10.5. The number of hydrogen-bond donors (Lipinski definition) is 1. The third-order valence-corrected chi connectivity index (χ3v) is 5.13. The number of aryl methyl sites for hydroxylation is 1. The van der Waals surface area contributed by atoms with Gasteiger partial charge in [0.15, 0.2) is 16.4 Å². The van der Waals surface area contributed by atoms with Crippen LogP contribution in [0.3, 0.4) is 0 Å². The first-order valence-corrected chi connectivity index (χ1v) is 7.18. The van der Waals surface area contributed by atoms with E-state index in [1.807, 2.05) is 0 Å². The summed E-state index contributed by atoms with van der Waals surface area (Å²) in [4.78, 5) is 11.4. The molecule has 0 fully saturated rings. The van der Waals surface area contributed by atoms with Crippen molar-refractivity contribution in [2.45, 2.75) is 30.9 Å². The van der Waals surface area contributed by atoms with E-state index in [0.717, 1.165) is 0 Å². The van der Waals surface area contributed by atoms with Gasteiger partial charge in [-0.1, -0.05) is 0 Å². The van der Waals surface area contributed by atoms with Crippen molar-refractivity contribution in [3.8, 4) is 5.75 Å². The number of sulfone groups is 1. The highest BCUT2D eigenvalue weighted by atomic mass is 32.2. The number of hydrogen-bond acceptors (Lipinski definition) is 4. The minimum absolute atomic E-state index is 0.0861. The molecule has 0 aliphatic carbocycles. The van der Waals surface area contributed by atoms with Crippen LogP contribution in [0.5, 0.6) is 5.75 Å². The maximum atomic E-state index is 12.2. The predicted octanol–water partition coefficient (Wildman–Crippen LogP) is 1.51. The van der Waals surface area contributed by atoms with Gasteiger partial charge in [-0.2, -0.15) is 0 Å². The molecule has 5 nitrogen and oxygen atoms in total. The van der Waals surface area contributed by atoms with Gasteiger partial charge >= 0.3 is 0 Å². The monoisotopic (exact) mass is 269 g/mol. The molecule has 0 atom stereocenters. The molecule has 2 rings (SSSR count). The molecular formula is C12H15NO4S. The summed E-state index contributed by atoms with van der Waals surface area (Å²) in [5.41, 5.74) is 1.12. The first-order valence-electron chi connectivity index (χ1n) is 5.63. The number of rotatable bonds is 2. The average Bonchev–Trinajstić information content (AvgIpc) is 2.27. The molecule has 1 amide bonds. The number of fused-ring (bicyclic) bond motifs is 1. The second-order valence-electron chi connectivity index (χ2n) is 4.54. The number of anilines is 1. The van der Waals surface area contributed by atoms with Crippen molar-refractivity contribution in [2.24, 2.45) is 0 Å². The summed E-state index contributed by atoms with van der Waals surface area (Å²) in [6, 6.07) is 3.11. The van der Waals surface area contributed by atoms with Gasteiger partial charge in [0, 0.05) is 6.07 Å². The van der Waals surface area contributed by atoms with Crippen molar-refractivity contribution in [1.82, 2.24) is 0 Å². The Kier molecular flexibility index (Phi) is 3.06. The van der Waals surface area contributed by atoms with Gasteiger partial charge in [0.05, 0.1) is 15.8 Å². The maximum Gasteiger partial charge on any atom is 0.262 e. The summed E-state index contributed by atoms with van der Waals surface area (Å²) in [6.45, 7) is 4.89. The van der Waals surface area contributed by atoms with E-state index < -0.39 is 15.1 Å². The summed E-state index contributed by atoms with van der Waals surface area (Å²) in [6.07, 6.45) is 0. The van der Waals surface area contributed by atoms with Crippen LogP contribution >= 0.6 is 0 Å². The van der Waals surface area contributed by atoms with E-state index in [-0.39, 0.29) is 17.4 Å². The first-order chi connectivity index (χ1) is 8.32. The zero-order chi connectivity index (χ0) is 13.5. The summed E-state index contributed by atoms with van der Waals surface area (Å²) >= 11 is 0. The fourth-order valence-corrected chi connectivity index (χ4v) is 3.06. The quantitative estimate of drug-likeness (QED) is 0.883. The van der Waals surface area contributed by atoms with Gasteiger partial charge in [-0.05, 0) is 32.4 Å². The van der Waals surface area contributed by atoms with Crippen LogP contribution in [0.4, 0.5) is 5.69 Å². The average molecular weight is 269 g/mol. The SMILES string of the molecule is Cc1cc2c(cc1S(=O)(=O)C(C)C)OCC(=O)N2. The predicted molar refractivity (Wildman–Crippen MR) is 67.6 cm³/mol. The molecule has 0 aromatic heterocycles. The highest BCUT2D eigenvalue weighted by Crippen LogP contribution is 2.34. The van der Waals surface area contributed by atoms with Crippen molar-refractivity contribution in [2.75, 3.05) is 11.9 Å². The molecule has 0 saturated heterocycles. The lowest BCUT2D eigenvalue weighted by molar-refractivity contribution is -0.118. The maximum absolute atomic E-state index is 12.2. The Morgan fingerprint density at radius 3 is 2.61 bits per heavy atom. The molecular weight excluding hydrogens is 254 g/mol. The van der Waals surface area contributed by atoms with Crippen molar-refractivity contribution >= 4 is 21.4 Å². The lowest BCUT2D eigenvalue weighted by atomic mass is 10.2. The van der Waals surface area contributed by atoms with E-state index in [1.54, 1.807) is 26.8 Å². The molecule has 1 aromatic rings. The van der Waals surface area contributed by atoms with E-state index in [2.05, 4.69) is 5.32 Å². The highest BCUT2D eigenvalue weighted by Gasteiger charge is 2.25. The minimum Gasteiger partial charge on any atom is -0.482 e. The van der Waals surface area contributed by atoms with Gasteiger partial charge < -0.3 is 10.1 Å². The van der Waals surface area contributed by atoms with Crippen LogP contribution in [0.25, 0.3) is 0 Å². The van der Waals surface area contributed by atoms with Crippen LogP contribution in [0.1, 0.15) is 19.4 Å². The largest absolute Gasteiger partial charge is 0.482 e. The molecule has 18 heavy (non-hydrogen) atoms. The van der Waals surface area contributed by atoms with Crippen molar-refractivity contribution in [1.29, 1.82) is 0 Å². The van der Waals surface area contributed by atoms with E-state index in [0.29, 0.717) is 17.0 Å². The molecule has 1 aliphatic rings. The standard InChI is InChI=1S/C12H15NO4S/c1-7(2)18(15,16)11-5-10-9(4-8(11)3)13-12(14)6-17-10/h4-5,7H,6H2,1-3H3,(H,13,14). The van der Waals surface area contributed by atoms with Gasteiger partial charge in [-0.15, -0.1) is 0 Å². The Bertz CT molecular complexity index is 605. The summed E-state index contributed by atoms with van der Waals surface area (Å²) in [5, 5.41) is 2.16. The van der Waals surface area contributed by atoms with Gasteiger partial charge in [-0.25, -0.2) is 8.42 Å². The van der Waals surface area contributed by atoms with Crippen LogP contribution < -0.4 is 10.1 Å². The molecule has 98 valence electrons. The molecule has 1 aromatic carbocycles. The van der Waals surface area contributed by atoms with Crippen molar-refractivity contribution in [3.05, 3.63) is 17.7 Å². The molecule has 1 aliphatic heterocycles. The van der Waals surface area contributed by atoms with Gasteiger partial charge in [0.2, 0.25) is 0 Å². The molecule has 0 bridgehead atoms. The molecule has 1 N–H and O–H groups in total. The molecule has 0 saturated carbocycles. The topological polar surface area (TPSA) is 72.5 Å². The lowest BCUT2D eigenvalue weighted by Crippen LogP contribution is -2.26. The Balaban J connectivity index is 2.56. The third-order valence-electron chi connectivity index (χ3n) is 2.84. The van der Waals surface area contributed by atoms with E-state index in [4.69, 9.17) is 4.74 Å². The Morgan fingerprint density at radius 2 is 2.00 bits per heavy atom. The van der Waals surface area contributed by atoms with Crippen molar-refractivity contribution < 1.29 is 17.9 Å². The number of benzene rings is 1. The van der Waals surface area contributed by atoms with Crippen LogP contribution in [0, 0.1) is 6.92 Å². The van der Waals surface area contributed by atoms with E-state index >= 15 is 0 Å². The van der Waals surface area contributed by atoms with E-state index in [1.165, 1.54) is 6.07 Å². The second kappa shape index (κ2) is 4.28. The smallest absolute Gasteiger partial charge is 0.262 e. The molecule has 1 heterocycles. The van der Waals surface area contributed by atoms with Gasteiger partial charge in [0.25, 0.3) is 5.91 Å². The Hall–Kier alpha value is -1.56. The highest BCUT2D eigenvalue weighted by molar-refractivity contribution is 7.92. The number of carbonyl (C=O) groups is 1. The lowest BCUT2D eigenvalue weighted by Gasteiger charge is -2.20. The van der Waals surface area contributed by atoms with Gasteiger partial charge in [0.1, 0.15) is 5.75 Å². The first kappa shape index (κ1) is 12.9. The zero-order valence-corrected chi connectivity index (χ0v) is 11.3. The van der Waals surface area contributed by atoms with Crippen LogP contribution in [0.15, 0.2) is 17.0 Å². The fraction of sp³-hybridized carbons (Fsp3) is 0.417. The summed E-state index contributed by atoms with van der Waals surface area (Å²) in [7, 11) is -3.35. The Labute approximate surface area is 106 Å². The number of nitrogens with one attached hydrogen (secondary N) is 1. The minimum atomic E-state index is -3.35. The second-order valence-corrected chi connectivity index (χ2v) is 7.02. The molecule has 0 unspecified atom stereocenters. The molecule has 6 heteroatoms. The number of amides is 1. The summed E-state index contributed by atoms with van der Waals surface area (Å²) < 4.78 is 29.5. The fourth-order valence-electron chi connectivity index (χ4n) is 1.78. The normalized spacial score (nSPS) is 15.0. The Morgan fingerprint density at radius 1 is 1.33 bits per heavy atom. The third kappa shape index (κ3) is 2.08. The van der Waals surface area contributed by atoms with E-state index in [9.17, 15) is 13.2 Å². The van der Waals surface area contributed by atoms with Crippen LogP contribution in [-0.4, -0.2) is 26.2 Å². The van der Waals surface area contributed by atoms with Crippen molar-refractivity contribution in [3.63, 3.8) is 0 Å².